The summed E-state index contributed by atoms with van der Waals surface area (Å²) in [6, 6.07) is 12.2. The van der Waals surface area contributed by atoms with Crippen molar-refractivity contribution in [1.82, 2.24) is 5.32 Å². The van der Waals surface area contributed by atoms with Gasteiger partial charge in [0.25, 0.3) is 0 Å². The van der Waals surface area contributed by atoms with Gasteiger partial charge in [-0.1, -0.05) is 47.6 Å². The van der Waals surface area contributed by atoms with Crippen molar-refractivity contribution < 1.29 is 19.1 Å². The Labute approximate surface area is 209 Å². The molecular weight excluding hydrogens is 474 g/mol. The summed E-state index contributed by atoms with van der Waals surface area (Å²) in [6.45, 7) is 8.05. The molecule has 1 atom stereocenters. The molecule has 0 spiro atoms. The topological polar surface area (TPSA) is 89.0 Å². The molecule has 0 aliphatic carbocycles. The number of amidine groups is 1. The van der Waals surface area contributed by atoms with E-state index in [0.717, 1.165) is 11.1 Å². The minimum absolute atomic E-state index is 0.125. The maximum absolute atomic E-state index is 12.8. The van der Waals surface area contributed by atoms with Crippen molar-refractivity contribution in [2.24, 2.45) is 4.99 Å². The number of halogens is 1. The summed E-state index contributed by atoms with van der Waals surface area (Å²) in [6.07, 6.45) is 0. The molecule has 1 aliphatic heterocycles. The summed E-state index contributed by atoms with van der Waals surface area (Å²) in [4.78, 5) is 30.1. The Morgan fingerprint density at radius 3 is 2.62 bits per heavy atom. The molecule has 0 radical (unpaired) electrons. The van der Waals surface area contributed by atoms with E-state index in [1.54, 1.807) is 32.0 Å². The first-order chi connectivity index (χ1) is 16.3. The van der Waals surface area contributed by atoms with Crippen LogP contribution < -0.4 is 15.4 Å². The number of carbonyl (C=O) groups excluding carboxylic acids is 2. The molecule has 180 valence electrons. The lowest BCUT2D eigenvalue weighted by molar-refractivity contribution is -0.139. The van der Waals surface area contributed by atoms with Crippen molar-refractivity contribution in [3.05, 3.63) is 69.9 Å². The van der Waals surface area contributed by atoms with Crippen LogP contribution in [0.2, 0.25) is 5.02 Å². The monoisotopic (exact) mass is 501 g/mol. The van der Waals surface area contributed by atoms with Crippen molar-refractivity contribution in [1.29, 1.82) is 0 Å². The van der Waals surface area contributed by atoms with Gasteiger partial charge < -0.3 is 20.1 Å². The minimum atomic E-state index is -0.621. The second-order valence-electron chi connectivity index (χ2n) is 7.44. The van der Waals surface area contributed by atoms with Crippen molar-refractivity contribution in [3.63, 3.8) is 0 Å². The lowest BCUT2D eigenvalue weighted by Gasteiger charge is -2.26. The molecule has 1 aliphatic rings. The first-order valence-corrected chi connectivity index (χ1v) is 12.3. The molecule has 3 rings (SSSR count). The third-order valence-corrected chi connectivity index (χ3v) is 6.41. The van der Waals surface area contributed by atoms with Crippen LogP contribution in [0.5, 0.6) is 5.75 Å². The molecule has 2 aromatic rings. The average molecular weight is 502 g/mol. The van der Waals surface area contributed by atoms with Crippen molar-refractivity contribution in [2.75, 3.05) is 24.3 Å². The molecule has 1 amide bonds. The number of anilines is 1. The normalized spacial score (nSPS) is 15.3. The van der Waals surface area contributed by atoms with Crippen LogP contribution in [0.3, 0.4) is 0 Å². The first-order valence-electron chi connectivity index (χ1n) is 11.0. The highest BCUT2D eigenvalue weighted by molar-refractivity contribution is 8.14. The van der Waals surface area contributed by atoms with E-state index in [1.807, 2.05) is 38.1 Å². The van der Waals surface area contributed by atoms with Crippen LogP contribution >= 0.6 is 23.4 Å². The van der Waals surface area contributed by atoms with Gasteiger partial charge >= 0.3 is 5.97 Å². The Balaban J connectivity index is 1.83. The van der Waals surface area contributed by atoms with E-state index < -0.39 is 12.0 Å². The fourth-order valence-electron chi connectivity index (χ4n) is 3.48. The Morgan fingerprint density at radius 2 is 1.88 bits per heavy atom. The van der Waals surface area contributed by atoms with Gasteiger partial charge in [0.15, 0.2) is 5.17 Å². The smallest absolute Gasteiger partial charge is 0.338 e. The fourth-order valence-corrected chi connectivity index (χ4v) is 4.40. The summed E-state index contributed by atoms with van der Waals surface area (Å²) in [5.41, 5.74) is 3.27. The molecule has 0 saturated heterocycles. The largest absolute Gasteiger partial charge is 0.494 e. The number of allylic oxidation sites excluding steroid dienone is 1. The molecule has 2 aromatic carbocycles. The van der Waals surface area contributed by atoms with Gasteiger partial charge in [-0.05, 0) is 51.5 Å². The summed E-state index contributed by atoms with van der Waals surface area (Å²) in [7, 11) is 0. The van der Waals surface area contributed by atoms with E-state index in [4.69, 9.17) is 26.1 Å². The van der Waals surface area contributed by atoms with Gasteiger partial charge in [0.1, 0.15) is 11.8 Å². The summed E-state index contributed by atoms with van der Waals surface area (Å²) < 4.78 is 11.1. The van der Waals surface area contributed by atoms with Gasteiger partial charge in [-0.25, -0.2) is 9.79 Å². The predicted molar refractivity (Wildman–Crippen MR) is 138 cm³/mol. The van der Waals surface area contributed by atoms with E-state index in [-0.39, 0.29) is 18.3 Å². The van der Waals surface area contributed by atoms with Crippen LogP contribution in [0.25, 0.3) is 0 Å². The van der Waals surface area contributed by atoms with E-state index >= 15 is 0 Å². The number of esters is 1. The first kappa shape index (κ1) is 25.6. The van der Waals surface area contributed by atoms with Crippen molar-refractivity contribution in [2.45, 2.75) is 33.7 Å². The number of para-hydroxylation sites is 1. The lowest BCUT2D eigenvalue weighted by Crippen LogP contribution is -2.31. The zero-order valence-electron chi connectivity index (χ0n) is 19.6. The number of amides is 1. The number of aliphatic imine (C=N–C) groups is 1. The molecule has 0 saturated carbocycles. The van der Waals surface area contributed by atoms with Crippen molar-refractivity contribution in [3.8, 4) is 5.75 Å². The molecule has 0 unspecified atom stereocenters. The van der Waals surface area contributed by atoms with Crippen LogP contribution in [-0.4, -0.2) is 36.0 Å². The molecule has 7 nitrogen and oxygen atoms in total. The summed E-state index contributed by atoms with van der Waals surface area (Å²) >= 11 is 7.39. The molecule has 34 heavy (non-hydrogen) atoms. The lowest BCUT2D eigenvalue weighted by atomic mass is 9.96. The van der Waals surface area contributed by atoms with Gasteiger partial charge in [0.2, 0.25) is 5.91 Å². The van der Waals surface area contributed by atoms with Gasteiger partial charge in [-0.15, -0.1) is 0 Å². The second-order valence-corrected chi connectivity index (χ2v) is 8.81. The predicted octanol–water partition coefficient (Wildman–Crippen LogP) is 5.26. The van der Waals surface area contributed by atoms with Crippen LogP contribution in [-0.2, 0) is 14.3 Å². The van der Waals surface area contributed by atoms with Crippen LogP contribution in [0.1, 0.15) is 37.9 Å². The number of nitrogens with one attached hydrogen (secondary N) is 2. The number of nitrogens with zero attached hydrogens (tertiary/aromatic N) is 1. The number of thioether (sulfide) groups is 1. The minimum Gasteiger partial charge on any atom is -0.494 e. The molecule has 9 heteroatoms. The second kappa shape index (κ2) is 11.9. The molecule has 1 heterocycles. The number of hydrogen-bond donors (Lipinski definition) is 2. The SMILES string of the molecule is CCOC(=O)C1=C(C)NC(SCC(=O)Nc2cccc(Cl)c2C)=N[C@@H]1c1ccccc1OCC. The van der Waals surface area contributed by atoms with Gasteiger partial charge in [-0.3, -0.25) is 4.79 Å². The number of benzene rings is 2. The third kappa shape index (κ3) is 6.12. The zero-order valence-corrected chi connectivity index (χ0v) is 21.2. The van der Waals surface area contributed by atoms with E-state index in [1.165, 1.54) is 11.8 Å². The highest BCUT2D eigenvalue weighted by Gasteiger charge is 2.32. The number of hydrogen-bond acceptors (Lipinski definition) is 7. The van der Waals surface area contributed by atoms with Gasteiger partial charge in [0, 0.05) is 22.0 Å². The van der Waals surface area contributed by atoms with Gasteiger partial charge in [-0.2, -0.15) is 0 Å². The highest BCUT2D eigenvalue weighted by Crippen LogP contribution is 2.37. The summed E-state index contributed by atoms with van der Waals surface area (Å²) in [5.74, 6) is 0.142. The maximum atomic E-state index is 12.8. The summed E-state index contributed by atoms with van der Waals surface area (Å²) in [5, 5.41) is 7.14. The Hall–Kier alpha value is -2.97. The Kier molecular flexibility index (Phi) is 9.01. The van der Waals surface area contributed by atoms with Crippen molar-refractivity contribution >= 4 is 46.1 Å². The van der Waals surface area contributed by atoms with E-state index in [2.05, 4.69) is 10.6 Å². The number of carbonyl (C=O) groups is 2. The van der Waals surface area contributed by atoms with Crippen LogP contribution in [0.15, 0.2) is 58.7 Å². The molecule has 2 N–H and O–H groups in total. The standard InChI is InChI=1S/C25H28ClN3O4S/c1-5-32-20-13-8-7-10-17(20)23-22(24(31)33-6-2)16(4)27-25(29-23)34-14-21(30)28-19-12-9-11-18(26)15(19)3/h7-13,23H,5-6,14H2,1-4H3,(H,27,29)(H,28,30)/t23-/m1/s1. The number of rotatable bonds is 8. The van der Waals surface area contributed by atoms with Crippen LogP contribution in [0, 0.1) is 6.92 Å². The zero-order chi connectivity index (χ0) is 24.7. The van der Waals surface area contributed by atoms with Crippen LogP contribution in [0.4, 0.5) is 5.69 Å². The quantitative estimate of drug-likeness (QED) is 0.480. The average Bonchev–Trinajstić information content (AvgIpc) is 2.81. The van der Waals surface area contributed by atoms with E-state index in [0.29, 0.717) is 39.5 Å². The Bertz CT molecular complexity index is 1130. The molecule has 0 bridgehead atoms. The highest BCUT2D eigenvalue weighted by atomic mass is 35.5. The third-order valence-electron chi connectivity index (χ3n) is 5.11. The Morgan fingerprint density at radius 1 is 1.12 bits per heavy atom. The molecular formula is C25H28ClN3O4S. The number of ether oxygens (including phenoxy) is 2. The molecule has 0 aromatic heterocycles. The molecule has 0 fully saturated rings. The fraction of sp³-hybridized carbons (Fsp3) is 0.320. The maximum Gasteiger partial charge on any atom is 0.338 e. The van der Waals surface area contributed by atoms with Gasteiger partial charge in [0.05, 0.1) is 24.5 Å². The van der Waals surface area contributed by atoms with E-state index in [9.17, 15) is 9.59 Å².